The molecule has 2 heterocycles. The van der Waals surface area contributed by atoms with E-state index >= 15 is 0 Å². The number of hydrogen-bond donors (Lipinski definition) is 0. The maximum Gasteiger partial charge on any atom is 0.261 e. The third-order valence-electron chi connectivity index (χ3n) is 7.13. The average molecular weight is 536 g/mol. The second-order valence-electron chi connectivity index (χ2n) is 9.61. The molecule has 3 aromatic rings. The van der Waals surface area contributed by atoms with Gasteiger partial charge in [-0.2, -0.15) is 5.26 Å². The lowest BCUT2D eigenvalue weighted by Crippen LogP contribution is -2.43. The van der Waals surface area contributed by atoms with E-state index in [-0.39, 0.29) is 36.4 Å². The van der Waals surface area contributed by atoms with Gasteiger partial charge in [-0.1, -0.05) is 23.7 Å². The normalized spacial score (nSPS) is 14.8. The minimum absolute atomic E-state index is 0.00605. The fraction of sp³-hybridized carbons (Fsp3) is 0.393. The predicted octanol–water partition coefficient (Wildman–Crippen LogP) is 3.32. The monoisotopic (exact) mass is 535 g/mol. The summed E-state index contributed by atoms with van der Waals surface area (Å²) in [5.74, 6) is -0.0398. The number of likely N-dealkylation sites (N-methyl/N-ethyl adjacent to an activating group) is 1. The van der Waals surface area contributed by atoms with Crippen LogP contribution in [0, 0.1) is 11.3 Å². The number of fused-ring (bicyclic) bond motifs is 1. The first-order valence-corrected chi connectivity index (χ1v) is 12.8. The standard InChI is InChI=1S/C28H30ClN5O4/c1-18(38-3)27(36)33-10-8-20(9-11-33)21-6-7-25-23(13-21)28(37)34(17-31-25)16-26(35)32(2)15-19-4-5-22(14-30)24(29)12-19/h4-7,12-13,17-18,20H,8-11,15-16H2,1-3H3/t18-/m0/s1. The van der Waals surface area contributed by atoms with Crippen LogP contribution in [0.2, 0.25) is 5.02 Å². The lowest BCUT2D eigenvalue weighted by atomic mass is 9.88. The van der Waals surface area contributed by atoms with E-state index in [1.54, 1.807) is 32.2 Å². The Morgan fingerprint density at radius 2 is 1.97 bits per heavy atom. The molecule has 1 aliphatic heterocycles. The zero-order valence-electron chi connectivity index (χ0n) is 21.7. The summed E-state index contributed by atoms with van der Waals surface area (Å²) in [4.78, 5) is 46.3. The first-order chi connectivity index (χ1) is 18.2. The summed E-state index contributed by atoms with van der Waals surface area (Å²) in [6.45, 7) is 3.16. The van der Waals surface area contributed by atoms with Crippen LogP contribution in [0.5, 0.6) is 0 Å². The molecule has 10 heteroatoms. The molecule has 1 saturated heterocycles. The highest BCUT2D eigenvalue weighted by Gasteiger charge is 2.27. The quantitative estimate of drug-likeness (QED) is 0.459. The Hall–Kier alpha value is -3.74. The molecule has 0 radical (unpaired) electrons. The van der Waals surface area contributed by atoms with Gasteiger partial charge in [0.15, 0.2) is 0 Å². The summed E-state index contributed by atoms with van der Waals surface area (Å²) in [5, 5.41) is 9.83. The van der Waals surface area contributed by atoms with Gasteiger partial charge in [-0.3, -0.25) is 19.0 Å². The molecule has 0 bridgehead atoms. The molecule has 0 N–H and O–H groups in total. The van der Waals surface area contributed by atoms with Crippen LogP contribution in [0.25, 0.3) is 10.9 Å². The highest BCUT2D eigenvalue weighted by Crippen LogP contribution is 2.29. The fourth-order valence-corrected chi connectivity index (χ4v) is 4.96. The first kappa shape index (κ1) is 27.3. The largest absolute Gasteiger partial charge is 0.372 e. The SMILES string of the molecule is CO[C@@H](C)C(=O)N1CCC(c2ccc3ncn(CC(=O)N(C)Cc4ccc(C#N)c(Cl)c4)c(=O)c3c2)CC1. The summed E-state index contributed by atoms with van der Waals surface area (Å²) in [6, 6.07) is 12.7. The van der Waals surface area contributed by atoms with Crippen molar-refractivity contribution in [1.82, 2.24) is 19.4 Å². The molecular weight excluding hydrogens is 506 g/mol. The zero-order valence-corrected chi connectivity index (χ0v) is 22.4. The number of hydrogen-bond acceptors (Lipinski definition) is 6. The van der Waals surface area contributed by atoms with Gasteiger partial charge in [0, 0.05) is 33.8 Å². The highest BCUT2D eigenvalue weighted by atomic mass is 35.5. The van der Waals surface area contributed by atoms with Gasteiger partial charge in [-0.25, -0.2) is 4.98 Å². The van der Waals surface area contributed by atoms with Gasteiger partial charge in [-0.05, 0) is 61.1 Å². The van der Waals surface area contributed by atoms with Crippen molar-refractivity contribution in [3.63, 3.8) is 0 Å². The van der Waals surface area contributed by atoms with Crippen LogP contribution in [-0.4, -0.2) is 64.5 Å². The van der Waals surface area contributed by atoms with Crippen molar-refractivity contribution in [2.45, 2.75) is 44.9 Å². The molecule has 0 aliphatic carbocycles. The summed E-state index contributed by atoms with van der Waals surface area (Å²) >= 11 is 6.10. The Bertz CT molecular complexity index is 1460. The summed E-state index contributed by atoms with van der Waals surface area (Å²) in [6.07, 6.45) is 2.53. The van der Waals surface area contributed by atoms with Crippen LogP contribution >= 0.6 is 11.6 Å². The molecule has 1 aromatic heterocycles. The van der Waals surface area contributed by atoms with E-state index in [1.807, 2.05) is 29.2 Å². The van der Waals surface area contributed by atoms with Crippen molar-refractivity contribution in [2.24, 2.45) is 0 Å². The number of piperidine rings is 1. The van der Waals surface area contributed by atoms with E-state index in [4.69, 9.17) is 21.6 Å². The lowest BCUT2D eigenvalue weighted by molar-refractivity contribution is -0.142. The van der Waals surface area contributed by atoms with Crippen LogP contribution in [0.1, 0.15) is 42.4 Å². The van der Waals surface area contributed by atoms with E-state index in [2.05, 4.69) is 4.98 Å². The lowest BCUT2D eigenvalue weighted by Gasteiger charge is -2.33. The number of likely N-dealkylation sites (tertiary alicyclic amines) is 1. The molecular formula is C28H30ClN5O4. The molecule has 2 amide bonds. The van der Waals surface area contributed by atoms with E-state index in [9.17, 15) is 14.4 Å². The van der Waals surface area contributed by atoms with E-state index in [0.717, 1.165) is 24.0 Å². The maximum atomic E-state index is 13.3. The molecule has 198 valence electrons. The number of halogens is 1. The van der Waals surface area contributed by atoms with Gasteiger partial charge in [0.1, 0.15) is 18.7 Å². The molecule has 1 atom stereocenters. The van der Waals surface area contributed by atoms with Gasteiger partial charge < -0.3 is 14.5 Å². The van der Waals surface area contributed by atoms with Crippen LogP contribution in [0.3, 0.4) is 0 Å². The molecule has 0 unspecified atom stereocenters. The molecule has 38 heavy (non-hydrogen) atoms. The number of methoxy groups -OCH3 is 1. The Kier molecular flexibility index (Phi) is 8.45. The molecule has 2 aromatic carbocycles. The highest BCUT2D eigenvalue weighted by molar-refractivity contribution is 6.31. The Morgan fingerprint density at radius 3 is 2.63 bits per heavy atom. The maximum absolute atomic E-state index is 13.3. The Labute approximate surface area is 226 Å². The van der Waals surface area contributed by atoms with Gasteiger partial charge in [0.25, 0.3) is 11.5 Å². The van der Waals surface area contributed by atoms with Gasteiger partial charge >= 0.3 is 0 Å². The fourth-order valence-electron chi connectivity index (χ4n) is 4.71. The van der Waals surface area contributed by atoms with Crippen molar-refractivity contribution in [2.75, 3.05) is 27.2 Å². The Morgan fingerprint density at radius 1 is 1.24 bits per heavy atom. The minimum atomic E-state index is -0.458. The van der Waals surface area contributed by atoms with Crippen LogP contribution in [0.4, 0.5) is 0 Å². The number of nitrogens with zero attached hydrogens (tertiary/aromatic N) is 5. The number of carbonyl (C=O) groups is 2. The topological polar surface area (TPSA) is 109 Å². The van der Waals surface area contributed by atoms with Crippen LogP contribution in [0.15, 0.2) is 47.5 Å². The van der Waals surface area contributed by atoms with Crippen LogP contribution < -0.4 is 5.56 Å². The predicted molar refractivity (Wildman–Crippen MR) is 144 cm³/mol. The van der Waals surface area contributed by atoms with Crippen molar-refractivity contribution >= 4 is 34.3 Å². The molecule has 1 fully saturated rings. The molecule has 4 rings (SSSR count). The number of aromatic nitrogens is 2. The van der Waals surface area contributed by atoms with Crippen molar-refractivity contribution in [1.29, 1.82) is 5.26 Å². The molecule has 0 spiro atoms. The smallest absolute Gasteiger partial charge is 0.261 e. The zero-order chi connectivity index (χ0) is 27.4. The molecule has 1 aliphatic rings. The number of ether oxygens (including phenoxy) is 1. The summed E-state index contributed by atoms with van der Waals surface area (Å²) in [7, 11) is 3.18. The van der Waals surface area contributed by atoms with Crippen molar-refractivity contribution < 1.29 is 14.3 Å². The number of nitriles is 1. The second-order valence-corrected chi connectivity index (χ2v) is 10.0. The van der Waals surface area contributed by atoms with E-state index < -0.39 is 6.10 Å². The summed E-state index contributed by atoms with van der Waals surface area (Å²) < 4.78 is 6.48. The average Bonchev–Trinajstić information content (AvgIpc) is 2.93. The van der Waals surface area contributed by atoms with E-state index in [1.165, 1.54) is 22.9 Å². The molecule has 9 nitrogen and oxygen atoms in total. The third kappa shape index (κ3) is 5.87. The number of rotatable bonds is 7. The van der Waals surface area contributed by atoms with Gasteiger partial charge in [-0.15, -0.1) is 0 Å². The Balaban J connectivity index is 1.46. The number of carbonyl (C=O) groups excluding carboxylic acids is 2. The van der Waals surface area contributed by atoms with Gasteiger partial charge in [0.05, 0.1) is 27.8 Å². The third-order valence-corrected chi connectivity index (χ3v) is 7.45. The van der Waals surface area contributed by atoms with Crippen molar-refractivity contribution in [3.05, 3.63) is 74.8 Å². The molecule has 0 saturated carbocycles. The first-order valence-electron chi connectivity index (χ1n) is 12.4. The van der Waals surface area contributed by atoms with Crippen molar-refractivity contribution in [3.8, 4) is 6.07 Å². The number of amides is 2. The van der Waals surface area contributed by atoms with Crippen LogP contribution in [-0.2, 0) is 27.4 Å². The number of benzene rings is 2. The summed E-state index contributed by atoms with van der Waals surface area (Å²) in [5.41, 5.74) is 2.48. The minimum Gasteiger partial charge on any atom is -0.372 e. The second kappa shape index (κ2) is 11.8. The van der Waals surface area contributed by atoms with Gasteiger partial charge in [0.2, 0.25) is 5.91 Å². The van der Waals surface area contributed by atoms with E-state index in [0.29, 0.717) is 34.6 Å².